The maximum absolute atomic E-state index is 11.7. The molecule has 1 atom stereocenters. The topological polar surface area (TPSA) is 93.5 Å². The molecule has 1 amide bonds. The summed E-state index contributed by atoms with van der Waals surface area (Å²) in [5.74, 6) is -0.0865. The number of hydrogen-bond acceptors (Lipinski definition) is 5. The summed E-state index contributed by atoms with van der Waals surface area (Å²) >= 11 is 0. The largest absolute Gasteiger partial charge is 0.379 e. The van der Waals surface area contributed by atoms with E-state index in [9.17, 15) is 14.9 Å². The first-order valence-corrected chi connectivity index (χ1v) is 7.02. The Kier molecular flexibility index (Phi) is 5.51. The first-order valence-electron chi connectivity index (χ1n) is 7.02. The van der Waals surface area contributed by atoms with Gasteiger partial charge in [-0.05, 0) is 18.9 Å². The van der Waals surface area contributed by atoms with Gasteiger partial charge in [-0.15, -0.1) is 0 Å². The summed E-state index contributed by atoms with van der Waals surface area (Å²) in [5.41, 5.74) is 0.437. The summed E-state index contributed by atoms with van der Waals surface area (Å²) < 4.78 is 5.41. The van der Waals surface area contributed by atoms with Crippen LogP contribution >= 0.6 is 0 Å². The molecule has 1 heterocycles. The minimum Gasteiger partial charge on any atom is -0.379 e. The Balaban J connectivity index is 1.71. The lowest BCUT2D eigenvalue weighted by Gasteiger charge is -2.11. The second-order valence-electron chi connectivity index (χ2n) is 4.89. The fourth-order valence-corrected chi connectivity index (χ4v) is 2.21. The highest BCUT2D eigenvalue weighted by atomic mass is 16.6. The van der Waals surface area contributed by atoms with E-state index in [2.05, 4.69) is 10.6 Å². The number of nitro groups is 1. The van der Waals surface area contributed by atoms with Gasteiger partial charge in [0.15, 0.2) is 0 Å². The lowest BCUT2D eigenvalue weighted by atomic mass is 10.2. The molecule has 0 radical (unpaired) electrons. The summed E-state index contributed by atoms with van der Waals surface area (Å²) in [6.07, 6.45) is 2.41. The normalized spacial score (nSPS) is 17.4. The quantitative estimate of drug-likeness (QED) is 0.589. The summed E-state index contributed by atoms with van der Waals surface area (Å²) in [6.45, 7) is 1.65. The lowest BCUT2D eigenvalue weighted by Crippen LogP contribution is -2.32. The third-order valence-corrected chi connectivity index (χ3v) is 3.32. The fourth-order valence-electron chi connectivity index (χ4n) is 2.21. The zero-order valence-electron chi connectivity index (χ0n) is 11.7. The van der Waals surface area contributed by atoms with Crippen molar-refractivity contribution in [3.05, 3.63) is 34.4 Å². The zero-order chi connectivity index (χ0) is 15.1. The summed E-state index contributed by atoms with van der Waals surface area (Å²) in [7, 11) is 0. The number of para-hydroxylation sites is 2. The number of nitrogens with one attached hydrogen (secondary N) is 2. The number of rotatable bonds is 7. The van der Waals surface area contributed by atoms with Gasteiger partial charge < -0.3 is 15.4 Å². The number of carbonyl (C=O) groups excluding carboxylic acids is 1. The van der Waals surface area contributed by atoms with Crippen LogP contribution in [0.4, 0.5) is 11.4 Å². The van der Waals surface area contributed by atoms with E-state index in [0.717, 1.165) is 19.4 Å². The van der Waals surface area contributed by atoms with Crippen molar-refractivity contribution in [1.29, 1.82) is 0 Å². The van der Waals surface area contributed by atoms with E-state index < -0.39 is 4.92 Å². The molecule has 0 bridgehead atoms. The van der Waals surface area contributed by atoms with E-state index >= 15 is 0 Å². The molecule has 114 valence electrons. The van der Waals surface area contributed by atoms with Crippen molar-refractivity contribution in [2.45, 2.75) is 25.4 Å². The molecule has 0 aromatic heterocycles. The predicted octanol–water partition coefficient (Wildman–Crippen LogP) is 1.69. The number of nitro benzene ring substituents is 1. The van der Waals surface area contributed by atoms with E-state index in [1.54, 1.807) is 18.2 Å². The van der Waals surface area contributed by atoms with Gasteiger partial charge in [0.25, 0.3) is 5.69 Å². The first kappa shape index (κ1) is 15.2. The van der Waals surface area contributed by atoms with E-state index in [4.69, 9.17) is 4.74 Å². The number of nitrogens with zero attached hydrogens (tertiary/aromatic N) is 1. The second-order valence-corrected chi connectivity index (χ2v) is 4.89. The van der Waals surface area contributed by atoms with E-state index in [1.807, 2.05) is 0 Å². The van der Waals surface area contributed by atoms with Crippen LogP contribution < -0.4 is 10.6 Å². The molecule has 7 nitrogen and oxygen atoms in total. The van der Waals surface area contributed by atoms with Crippen molar-refractivity contribution in [3.63, 3.8) is 0 Å². The summed E-state index contributed by atoms with van der Waals surface area (Å²) in [4.78, 5) is 22.1. The number of carbonyl (C=O) groups is 1. The number of amides is 1. The van der Waals surface area contributed by atoms with Gasteiger partial charge in [0, 0.05) is 32.2 Å². The predicted molar refractivity (Wildman–Crippen MR) is 78.2 cm³/mol. The zero-order valence-corrected chi connectivity index (χ0v) is 11.7. The average Bonchev–Trinajstić information content (AvgIpc) is 2.99. The third kappa shape index (κ3) is 4.71. The van der Waals surface area contributed by atoms with E-state index in [-0.39, 0.29) is 24.1 Å². The van der Waals surface area contributed by atoms with E-state index in [0.29, 0.717) is 18.8 Å². The third-order valence-electron chi connectivity index (χ3n) is 3.32. The number of benzene rings is 1. The van der Waals surface area contributed by atoms with Crippen LogP contribution in [0, 0.1) is 10.1 Å². The molecule has 7 heteroatoms. The van der Waals surface area contributed by atoms with Gasteiger partial charge >= 0.3 is 0 Å². The molecule has 0 spiro atoms. The van der Waals surface area contributed by atoms with Gasteiger partial charge in [-0.25, -0.2) is 0 Å². The minimum atomic E-state index is -0.445. The summed E-state index contributed by atoms with van der Waals surface area (Å²) in [6, 6.07) is 6.38. The maximum Gasteiger partial charge on any atom is 0.292 e. The van der Waals surface area contributed by atoms with E-state index in [1.165, 1.54) is 6.07 Å². The molecular formula is C14H19N3O4. The molecule has 1 aliphatic heterocycles. The van der Waals surface area contributed by atoms with Crippen LogP contribution in [-0.4, -0.2) is 36.6 Å². The molecular weight excluding hydrogens is 274 g/mol. The van der Waals surface area contributed by atoms with Crippen LogP contribution in [0.25, 0.3) is 0 Å². The Morgan fingerprint density at radius 3 is 2.95 bits per heavy atom. The molecule has 1 fully saturated rings. The number of hydrogen-bond donors (Lipinski definition) is 2. The Labute approximate surface area is 122 Å². The van der Waals surface area contributed by atoms with Gasteiger partial charge in [0.1, 0.15) is 5.69 Å². The highest BCUT2D eigenvalue weighted by Gasteiger charge is 2.16. The van der Waals surface area contributed by atoms with Crippen molar-refractivity contribution in [2.24, 2.45) is 0 Å². The molecule has 2 N–H and O–H groups in total. The van der Waals surface area contributed by atoms with Crippen LogP contribution in [0.3, 0.4) is 0 Å². The van der Waals surface area contributed by atoms with Crippen LogP contribution in [0.5, 0.6) is 0 Å². The van der Waals surface area contributed by atoms with Crippen LogP contribution in [-0.2, 0) is 9.53 Å². The fraction of sp³-hybridized carbons (Fsp3) is 0.500. The maximum atomic E-state index is 11.7. The van der Waals surface area contributed by atoms with Gasteiger partial charge in [-0.2, -0.15) is 0 Å². The molecule has 2 rings (SSSR count). The van der Waals surface area contributed by atoms with Gasteiger partial charge in [-0.3, -0.25) is 14.9 Å². The van der Waals surface area contributed by atoms with Crippen LogP contribution in [0.1, 0.15) is 19.3 Å². The van der Waals surface area contributed by atoms with Crippen molar-refractivity contribution in [3.8, 4) is 0 Å². The van der Waals surface area contributed by atoms with Crippen molar-refractivity contribution in [1.82, 2.24) is 5.32 Å². The smallest absolute Gasteiger partial charge is 0.292 e. The van der Waals surface area contributed by atoms with Gasteiger partial charge in [-0.1, -0.05) is 12.1 Å². The van der Waals surface area contributed by atoms with Crippen molar-refractivity contribution < 1.29 is 14.5 Å². The number of ether oxygens (including phenoxy) is 1. The SMILES string of the molecule is O=C(CCNc1ccccc1[N+](=O)[O-])NCC1CCCO1. The molecule has 1 aliphatic rings. The first-order chi connectivity index (χ1) is 10.2. The molecule has 1 unspecified atom stereocenters. The molecule has 1 aromatic carbocycles. The van der Waals surface area contributed by atoms with Crippen LogP contribution in [0.2, 0.25) is 0 Å². The standard InChI is InChI=1S/C14H19N3O4/c18-14(16-10-11-4-3-9-21-11)7-8-15-12-5-1-2-6-13(12)17(19)20/h1-2,5-6,11,15H,3-4,7-10H2,(H,16,18). The second kappa shape index (κ2) is 7.58. The highest BCUT2D eigenvalue weighted by molar-refractivity contribution is 5.76. The van der Waals surface area contributed by atoms with Crippen molar-refractivity contribution >= 4 is 17.3 Å². The summed E-state index contributed by atoms with van der Waals surface area (Å²) in [5, 5.41) is 16.6. The van der Waals surface area contributed by atoms with Crippen LogP contribution in [0.15, 0.2) is 24.3 Å². The number of anilines is 1. The average molecular weight is 293 g/mol. The lowest BCUT2D eigenvalue weighted by molar-refractivity contribution is -0.384. The minimum absolute atomic E-state index is 0.0114. The van der Waals surface area contributed by atoms with Gasteiger partial charge in [0.05, 0.1) is 11.0 Å². The molecule has 0 aliphatic carbocycles. The molecule has 0 saturated carbocycles. The molecule has 1 aromatic rings. The van der Waals surface area contributed by atoms with Gasteiger partial charge in [0.2, 0.25) is 5.91 Å². The highest BCUT2D eigenvalue weighted by Crippen LogP contribution is 2.22. The Bertz CT molecular complexity index is 501. The monoisotopic (exact) mass is 293 g/mol. The Morgan fingerprint density at radius 2 is 2.24 bits per heavy atom. The Hall–Kier alpha value is -2.15. The Morgan fingerprint density at radius 1 is 1.43 bits per heavy atom. The molecule has 21 heavy (non-hydrogen) atoms. The van der Waals surface area contributed by atoms with Crippen molar-refractivity contribution in [2.75, 3.05) is 25.0 Å². The molecule has 1 saturated heterocycles.